The summed E-state index contributed by atoms with van der Waals surface area (Å²) in [6.07, 6.45) is 0. The summed E-state index contributed by atoms with van der Waals surface area (Å²) in [6.45, 7) is 53.5. The quantitative estimate of drug-likeness (QED) is 0.171. The van der Waals surface area contributed by atoms with Crippen LogP contribution >= 0.6 is 16.5 Å². The maximum atomic E-state index is 7.38. The molecule has 0 aliphatic rings. The zero-order chi connectivity index (χ0) is 54.7. The van der Waals surface area contributed by atoms with Crippen molar-refractivity contribution in [3.05, 3.63) is 140 Å². The molecular formula is C66H84O6P2. The third-order valence-corrected chi connectivity index (χ3v) is 16.7. The molecule has 0 bridgehead atoms. The third kappa shape index (κ3) is 10.9. The predicted molar refractivity (Wildman–Crippen MR) is 317 cm³/mol. The summed E-state index contributed by atoms with van der Waals surface area (Å²) in [7, 11) is -4.12. The minimum Gasteiger partial charge on any atom is -0.390 e. The van der Waals surface area contributed by atoms with E-state index in [2.05, 4.69) is 239 Å². The summed E-state index contributed by atoms with van der Waals surface area (Å²) in [5.41, 5.74) is 17.4. The minimum atomic E-state index is -2.06. The van der Waals surface area contributed by atoms with Crippen molar-refractivity contribution < 1.29 is 25.8 Å². The van der Waals surface area contributed by atoms with Crippen molar-refractivity contribution in [2.75, 3.05) is 0 Å². The fraction of sp³-hybridized carbons (Fsp3) is 0.455. The molecule has 6 nitrogen and oxygen atoms in total. The number of hydrogen-bond donors (Lipinski definition) is 0. The standard InChI is InChI=1S/C66H84O6P2/c1-37-25-43(61(7,8)9)31-49-50-32-44(62(10,11)12)26-38(2)56(50)68-73(67-55(37)49)71-59-41(5)29-47(65(19,20)21)35-53(59)54-36-48(66(22,23)24)30-42(6)60(54)72-74-69-57-39(3)27-45(63(13,14)15)33-51(57)52-34-46(64(16,17)18)28-40(4)58(52)70-74/h25-36H,1-24H3. The highest BCUT2D eigenvalue weighted by atomic mass is 31.1. The topological polar surface area (TPSA) is 71.0 Å². The van der Waals surface area contributed by atoms with Crippen LogP contribution in [0.2, 0.25) is 0 Å². The van der Waals surface area contributed by atoms with Gasteiger partial charge in [-0.15, -0.1) is 0 Å². The van der Waals surface area contributed by atoms with E-state index in [-0.39, 0.29) is 32.5 Å². The van der Waals surface area contributed by atoms with Crippen LogP contribution in [-0.4, -0.2) is 0 Å². The first-order chi connectivity index (χ1) is 33.9. The molecule has 6 aromatic carbocycles. The Hall–Kier alpha value is -5.28. The van der Waals surface area contributed by atoms with Gasteiger partial charge in [0.25, 0.3) is 0 Å². The van der Waals surface area contributed by atoms with Gasteiger partial charge >= 0.3 is 16.5 Å². The van der Waals surface area contributed by atoms with Crippen molar-refractivity contribution in [2.45, 2.75) is 199 Å². The summed E-state index contributed by atoms with van der Waals surface area (Å²) in [5, 5.41) is 4.06. The van der Waals surface area contributed by atoms with E-state index in [4.69, 9.17) is 25.8 Å². The van der Waals surface area contributed by atoms with Gasteiger partial charge in [0.1, 0.15) is 33.8 Å². The van der Waals surface area contributed by atoms with Crippen LogP contribution in [0.25, 0.3) is 55.0 Å². The Bertz CT molecular complexity index is 3210. The molecule has 0 saturated heterocycles. The Kier molecular flexibility index (Phi) is 13.9. The van der Waals surface area contributed by atoms with Gasteiger partial charge in [0.15, 0.2) is 0 Å². The Labute approximate surface area is 444 Å². The van der Waals surface area contributed by atoms with Gasteiger partial charge in [-0.3, -0.25) is 0 Å². The molecule has 0 atom stereocenters. The average Bonchev–Trinajstić information content (AvgIpc) is 3.52. The van der Waals surface area contributed by atoms with Crippen LogP contribution in [0.1, 0.15) is 191 Å². The van der Waals surface area contributed by atoms with Gasteiger partial charge in [0.2, 0.25) is 0 Å². The second-order valence-electron chi connectivity index (χ2n) is 27.5. The number of aryl methyl sites for hydroxylation is 6. The summed E-state index contributed by atoms with van der Waals surface area (Å²) < 4.78 is 43.3. The molecule has 2 heterocycles. The predicted octanol–water partition coefficient (Wildman–Crippen LogP) is 21.9. The van der Waals surface area contributed by atoms with Gasteiger partial charge in [-0.25, -0.2) is 0 Å². The summed E-state index contributed by atoms with van der Waals surface area (Å²) >= 11 is 0. The van der Waals surface area contributed by atoms with E-state index in [1.54, 1.807) is 0 Å². The van der Waals surface area contributed by atoms with E-state index in [1.807, 2.05) is 0 Å². The molecule has 0 fully saturated rings. The highest BCUT2D eigenvalue weighted by Crippen LogP contribution is 2.52. The Morgan fingerprint density at radius 3 is 0.662 bits per heavy atom. The fourth-order valence-corrected chi connectivity index (χ4v) is 12.3. The molecule has 0 aliphatic carbocycles. The van der Waals surface area contributed by atoms with Crippen molar-refractivity contribution in [3.8, 4) is 22.6 Å². The monoisotopic (exact) mass is 1030 g/mol. The zero-order valence-electron chi connectivity index (χ0n) is 49.3. The maximum absolute atomic E-state index is 7.38. The molecule has 8 rings (SSSR count). The highest BCUT2D eigenvalue weighted by Gasteiger charge is 2.29. The van der Waals surface area contributed by atoms with Gasteiger partial charge in [-0.05, 0) is 177 Å². The molecule has 74 heavy (non-hydrogen) atoms. The van der Waals surface area contributed by atoms with E-state index in [0.717, 1.165) is 99.5 Å². The van der Waals surface area contributed by atoms with Crippen LogP contribution in [-0.2, 0) is 32.5 Å². The smallest absolute Gasteiger partial charge is 0.390 e. The molecule has 0 aliphatic heterocycles. The molecule has 8 aromatic rings. The summed E-state index contributed by atoms with van der Waals surface area (Å²) in [4.78, 5) is 0. The molecular weight excluding hydrogens is 951 g/mol. The summed E-state index contributed by atoms with van der Waals surface area (Å²) in [5.74, 6) is 1.33. The van der Waals surface area contributed by atoms with Gasteiger partial charge in [-0.2, -0.15) is 0 Å². The number of benzene rings is 6. The van der Waals surface area contributed by atoms with Gasteiger partial charge < -0.3 is 25.8 Å². The minimum absolute atomic E-state index is 0.0878. The largest absolute Gasteiger partial charge is 0.453 e. The Morgan fingerprint density at radius 2 is 0.459 bits per heavy atom. The molecule has 0 spiro atoms. The van der Waals surface area contributed by atoms with E-state index >= 15 is 0 Å². The Morgan fingerprint density at radius 1 is 0.270 bits per heavy atom. The normalized spacial score (nSPS) is 13.1. The lowest BCUT2D eigenvalue weighted by Crippen LogP contribution is -2.13. The lowest BCUT2D eigenvalue weighted by atomic mass is 9.81. The van der Waals surface area contributed by atoms with Crippen molar-refractivity contribution >= 4 is 60.4 Å². The lowest BCUT2D eigenvalue weighted by molar-refractivity contribution is 0.489. The molecule has 0 amide bonds. The van der Waals surface area contributed by atoms with Gasteiger partial charge in [0.05, 0.1) is 0 Å². The van der Waals surface area contributed by atoms with Gasteiger partial charge in [0, 0.05) is 32.7 Å². The van der Waals surface area contributed by atoms with E-state index in [1.165, 1.54) is 22.3 Å². The van der Waals surface area contributed by atoms with Crippen molar-refractivity contribution in [2.24, 2.45) is 0 Å². The molecule has 0 radical (unpaired) electrons. The SMILES string of the molecule is Cc1cc(C(C)(C)C)cc(-c2cc(C(C)(C)C)cc(C)c2Op2oc3c(C)cc(C(C)(C)C)cc3c3cc(C(C)(C)C)cc(C)c3o2)c1Op1oc2c(C)cc(C(C)(C)C)cc2c2cc(C(C)(C)C)cc(C)c2o1. The maximum Gasteiger partial charge on any atom is 0.453 e. The third-order valence-electron chi connectivity index (χ3n) is 14.7. The molecule has 394 valence electrons. The number of hydrogen-bond acceptors (Lipinski definition) is 6. The summed E-state index contributed by atoms with van der Waals surface area (Å²) in [6, 6.07) is 27.2. The van der Waals surface area contributed by atoms with Crippen LogP contribution in [0, 0.1) is 41.5 Å². The first-order valence-corrected chi connectivity index (χ1v) is 28.7. The van der Waals surface area contributed by atoms with E-state index in [0.29, 0.717) is 11.5 Å². The van der Waals surface area contributed by atoms with Crippen LogP contribution in [0.5, 0.6) is 11.5 Å². The van der Waals surface area contributed by atoms with E-state index in [9.17, 15) is 0 Å². The first kappa shape index (κ1) is 55.0. The van der Waals surface area contributed by atoms with Crippen LogP contribution < -0.4 is 9.05 Å². The van der Waals surface area contributed by atoms with Crippen LogP contribution in [0.15, 0.2) is 89.6 Å². The second-order valence-corrected chi connectivity index (χ2v) is 29.5. The average molecular weight is 1040 g/mol. The Balaban J connectivity index is 1.45. The second kappa shape index (κ2) is 18.8. The number of rotatable bonds is 5. The first-order valence-electron chi connectivity index (χ1n) is 26.5. The fourth-order valence-electron chi connectivity index (χ4n) is 9.73. The zero-order valence-corrected chi connectivity index (χ0v) is 51.1. The van der Waals surface area contributed by atoms with Crippen molar-refractivity contribution in [3.63, 3.8) is 0 Å². The molecule has 2 aromatic heterocycles. The molecule has 8 heteroatoms. The molecule has 0 N–H and O–H groups in total. The lowest BCUT2D eigenvalue weighted by Gasteiger charge is -2.26. The number of fused-ring (bicyclic) bond motifs is 6. The highest BCUT2D eigenvalue weighted by molar-refractivity contribution is 7.32. The van der Waals surface area contributed by atoms with Gasteiger partial charge in [-0.1, -0.05) is 161 Å². The van der Waals surface area contributed by atoms with Crippen molar-refractivity contribution in [1.29, 1.82) is 0 Å². The van der Waals surface area contributed by atoms with E-state index < -0.39 is 16.5 Å². The van der Waals surface area contributed by atoms with Crippen LogP contribution in [0.4, 0.5) is 0 Å². The molecule has 0 unspecified atom stereocenters. The molecule has 0 saturated carbocycles. The van der Waals surface area contributed by atoms with Crippen molar-refractivity contribution in [1.82, 2.24) is 0 Å². The van der Waals surface area contributed by atoms with Crippen LogP contribution in [0.3, 0.4) is 0 Å².